The average Bonchev–Trinajstić information content (AvgIpc) is 2.10. The Morgan fingerprint density at radius 3 is 2.50 bits per heavy atom. The monoisotopic (exact) mass is 151 g/mol. The van der Waals surface area contributed by atoms with E-state index in [-0.39, 0.29) is 0 Å². The molecule has 59 valence electrons. The van der Waals surface area contributed by atoms with Crippen LogP contribution in [-0.2, 0) is 4.74 Å². The molecule has 0 aromatic rings. The molecule has 1 fully saturated rings. The van der Waals surface area contributed by atoms with Gasteiger partial charge in [0.25, 0.3) is 5.85 Å². The van der Waals surface area contributed by atoms with Gasteiger partial charge in [0.15, 0.2) is 0 Å². The van der Waals surface area contributed by atoms with Crippen LogP contribution in [0.15, 0.2) is 0 Å². The molecule has 3 atom stereocenters. The standard InChI is InChI=1S/C5H8FO4/c6-5(9)3(8)2-10-4(5)1-7/h2-4,7-9H,1H2/t3-,4+,5-/m0/s1. The molecule has 0 aromatic carbocycles. The van der Waals surface area contributed by atoms with Crippen LogP contribution in [0.3, 0.4) is 0 Å². The van der Waals surface area contributed by atoms with E-state index in [1.54, 1.807) is 0 Å². The first-order valence-corrected chi connectivity index (χ1v) is 2.78. The van der Waals surface area contributed by atoms with Gasteiger partial charge < -0.3 is 20.1 Å². The van der Waals surface area contributed by atoms with Crippen LogP contribution in [0, 0.1) is 6.61 Å². The van der Waals surface area contributed by atoms with Crippen LogP contribution >= 0.6 is 0 Å². The van der Waals surface area contributed by atoms with Gasteiger partial charge in [-0.3, -0.25) is 0 Å². The van der Waals surface area contributed by atoms with E-state index in [1.807, 2.05) is 0 Å². The molecule has 3 N–H and O–H groups in total. The summed E-state index contributed by atoms with van der Waals surface area (Å²) in [6.45, 7) is 0.0848. The van der Waals surface area contributed by atoms with Gasteiger partial charge in [-0.05, 0) is 0 Å². The summed E-state index contributed by atoms with van der Waals surface area (Å²) in [5, 5.41) is 25.7. The van der Waals surface area contributed by atoms with Crippen molar-refractivity contribution in [3.63, 3.8) is 0 Å². The third-order valence-corrected chi connectivity index (χ3v) is 1.40. The molecule has 0 spiro atoms. The van der Waals surface area contributed by atoms with Crippen molar-refractivity contribution in [1.82, 2.24) is 0 Å². The molecule has 5 heteroatoms. The number of hydrogen-bond acceptors (Lipinski definition) is 4. The predicted molar refractivity (Wildman–Crippen MR) is 28.3 cm³/mol. The molecule has 10 heavy (non-hydrogen) atoms. The third-order valence-electron chi connectivity index (χ3n) is 1.40. The maximum atomic E-state index is 12.7. The number of alkyl halides is 1. The van der Waals surface area contributed by atoms with Crippen molar-refractivity contribution in [1.29, 1.82) is 0 Å². The van der Waals surface area contributed by atoms with E-state index >= 15 is 0 Å². The second-order valence-electron chi connectivity index (χ2n) is 2.12. The number of aliphatic hydroxyl groups is 3. The summed E-state index contributed by atoms with van der Waals surface area (Å²) in [6.07, 6.45) is -3.05. The van der Waals surface area contributed by atoms with Gasteiger partial charge in [-0.1, -0.05) is 0 Å². The molecule has 0 bridgehead atoms. The van der Waals surface area contributed by atoms with E-state index in [0.29, 0.717) is 0 Å². The summed E-state index contributed by atoms with van der Waals surface area (Å²) in [4.78, 5) is 0. The maximum Gasteiger partial charge on any atom is 0.264 e. The van der Waals surface area contributed by atoms with Crippen molar-refractivity contribution in [3.05, 3.63) is 6.61 Å². The summed E-state index contributed by atoms with van der Waals surface area (Å²) in [6, 6.07) is 0. The quantitative estimate of drug-likeness (QED) is 0.429. The normalized spacial score (nSPS) is 48.0. The maximum absolute atomic E-state index is 12.7. The minimum Gasteiger partial charge on any atom is -0.393 e. The van der Waals surface area contributed by atoms with Crippen LogP contribution in [-0.4, -0.2) is 40.0 Å². The Bertz CT molecular complexity index is 127. The highest BCUT2D eigenvalue weighted by atomic mass is 19.2. The molecular formula is C5H8FO4. The van der Waals surface area contributed by atoms with Gasteiger partial charge in [-0.2, -0.15) is 0 Å². The zero-order valence-electron chi connectivity index (χ0n) is 5.07. The Hall–Kier alpha value is -0.230. The zero-order valence-corrected chi connectivity index (χ0v) is 5.07. The van der Waals surface area contributed by atoms with Gasteiger partial charge in [-0.15, -0.1) is 0 Å². The number of halogens is 1. The van der Waals surface area contributed by atoms with E-state index in [4.69, 9.17) is 15.3 Å². The van der Waals surface area contributed by atoms with Crippen LogP contribution in [0.25, 0.3) is 0 Å². The molecule has 0 aliphatic carbocycles. The van der Waals surface area contributed by atoms with Gasteiger partial charge >= 0.3 is 0 Å². The molecule has 1 saturated heterocycles. The van der Waals surface area contributed by atoms with Crippen LogP contribution in [0.5, 0.6) is 0 Å². The smallest absolute Gasteiger partial charge is 0.264 e. The van der Waals surface area contributed by atoms with Crippen LogP contribution in [0.1, 0.15) is 0 Å². The Morgan fingerprint density at radius 1 is 1.70 bits per heavy atom. The first-order valence-electron chi connectivity index (χ1n) is 2.78. The summed E-state index contributed by atoms with van der Waals surface area (Å²) in [7, 11) is 0. The van der Waals surface area contributed by atoms with E-state index < -0.39 is 24.7 Å². The SMILES string of the molecule is OC[C@H]1O[CH][C@H](O)[C@@]1(O)F. The molecular weight excluding hydrogens is 143 g/mol. The van der Waals surface area contributed by atoms with Gasteiger partial charge in [0, 0.05) is 0 Å². The number of hydrogen-bond donors (Lipinski definition) is 3. The Balaban J connectivity index is 2.64. The van der Waals surface area contributed by atoms with Crippen LogP contribution in [0.4, 0.5) is 4.39 Å². The van der Waals surface area contributed by atoms with Gasteiger partial charge in [0.05, 0.1) is 6.61 Å². The summed E-state index contributed by atoms with van der Waals surface area (Å²) in [5.41, 5.74) is 0. The second kappa shape index (κ2) is 2.43. The summed E-state index contributed by atoms with van der Waals surface area (Å²) >= 11 is 0. The molecule has 0 unspecified atom stereocenters. The first-order chi connectivity index (χ1) is 4.59. The summed E-state index contributed by atoms with van der Waals surface area (Å²) < 4.78 is 17.0. The molecule has 0 saturated carbocycles. The van der Waals surface area contributed by atoms with E-state index in [1.165, 1.54) is 0 Å². The molecule has 0 amide bonds. The minimum absolute atomic E-state index is 0.666. The minimum atomic E-state index is -2.85. The largest absolute Gasteiger partial charge is 0.393 e. The topological polar surface area (TPSA) is 69.9 Å². The van der Waals surface area contributed by atoms with Crippen molar-refractivity contribution >= 4 is 0 Å². The summed E-state index contributed by atoms with van der Waals surface area (Å²) in [5.74, 6) is -2.85. The highest BCUT2D eigenvalue weighted by Crippen LogP contribution is 2.29. The van der Waals surface area contributed by atoms with E-state index in [0.717, 1.165) is 6.61 Å². The first kappa shape index (κ1) is 7.87. The number of rotatable bonds is 1. The lowest BCUT2D eigenvalue weighted by Crippen LogP contribution is -2.43. The lowest BCUT2D eigenvalue weighted by Gasteiger charge is -2.19. The van der Waals surface area contributed by atoms with Crippen molar-refractivity contribution < 1.29 is 24.4 Å². The molecule has 1 radical (unpaired) electrons. The van der Waals surface area contributed by atoms with Crippen molar-refractivity contribution in [2.75, 3.05) is 6.61 Å². The fourth-order valence-electron chi connectivity index (χ4n) is 0.722. The second-order valence-corrected chi connectivity index (χ2v) is 2.12. The zero-order chi connectivity index (χ0) is 7.78. The Morgan fingerprint density at radius 2 is 2.30 bits per heavy atom. The Labute approximate surface area is 56.9 Å². The van der Waals surface area contributed by atoms with Gasteiger partial charge in [0.1, 0.15) is 18.8 Å². The van der Waals surface area contributed by atoms with E-state index in [9.17, 15) is 4.39 Å². The Kier molecular flexibility index (Phi) is 1.91. The van der Waals surface area contributed by atoms with Crippen molar-refractivity contribution in [3.8, 4) is 0 Å². The lowest BCUT2D eigenvalue weighted by molar-refractivity contribution is -0.181. The average molecular weight is 151 g/mol. The predicted octanol–water partition coefficient (Wildman–Crippen LogP) is -1.44. The number of aliphatic hydroxyl groups excluding tert-OH is 2. The van der Waals surface area contributed by atoms with Gasteiger partial charge in [-0.25, -0.2) is 4.39 Å². The fourth-order valence-corrected chi connectivity index (χ4v) is 0.722. The molecule has 1 rings (SSSR count). The van der Waals surface area contributed by atoms with E-state index in [2.05, 4.69) is 4.74 Å². The fraction of sp³-hybridized carbons (Fsp3) is 0.800. The van der Waals surface area contributed by atoms with Crippen LogP contribution < -0.4 is 0 Å². The lowest BCUT2D eigenvalue weighted by atomic mass is 10.1. The molecule has 1 aliphatic rings. The number of ether oxygens (including phenoxy) is 1. The molecule has 1 heterocycles. The van der Waals surface area contributed by atoms with Crippen LogP contribution in [0.2, 0.25) is 0 Å². The molecule has 4 nitrogen and oxygen atoms in total. The molecule has 1 aliphatic heterocycles. The molecule has 0 aromatic heterocycles. The highest BCUT2D eigenvalue weighted by Gasteiger charge is 2.50. The van der Waals surface area contributed by atoms with Crippen molar-refractivity contribution in [2.24, 2.45) is 0 Å². The van der Waals surface area contributed by atoms with Crippen molar-refractivity contribution in [2.45, 2.75) is 18.1 Å². The third kappa shape index (κ3) is 1.01. The van der Waals surface area contributed by atoms with Gasteiger partial charge in [0.2, 0.25) is 0 Å². The highest BCUT2D eigenvalue weighted by molar-refractivity contribution is 4.95.